The average Bonchev–Trinajstić information content (AvgIpc) is 3.09. The van der Waals surface area contributed by atoms with Gasteiger partial charge in [0.2, 0.25) is 5.91 Å². The summed E-state index contributed by atoms with van der Waals surface area (Å²) < 4.78 is 10.5. The number of rotatable bonds is 7. The van der Waals surface area contributed by atoms with Gasteiger partial charge in [-0.25, -0.2) is 0 Å². The van der Waals surface area contributed by atoms with Crippen LogP contribution >= 0.6 is 0 Å². The van der Waals surface area contributed by atoms with Crippen LogP contribution in [0.3, 0.4) is 0 Å². The van der Waals surface area contributed by atoms with Crippen LogP contribution in [0.5, 0.6) is 5.75 Å². The van der Waals surface area contributed by atoms with E-state index in [2.05, 4.69) is 5.32 Å². The Balaban J connectivity index is 1.54. The van der Waals surface area contributed by atoms with Gasteiger partial charge < -0.3 is 19.7 Å². The van der Waals surface area contributed by atoms with Crippen molar-refractivity contribution in [1.82, 2.24) is 4.90 Å². The number of nitrogens with zero attached hydrogens (tertiary/aromatic N) is 1. The van der Waals surface area contributed by atoms with Crippen molar-refractivity contribution in [3.8, 4) is 5.75 Å². The predicted octanol–water partition coefficient (Wildman–Crippen LogP) is 2.61. The highest BCUT2D eigenvalue weighted by atomic mass is 16.5. The molecule has 1 saturated heterocycles. The molecular weight excluding hydrogens is 372 g/mol. The Morgan fingerprint density at radius 1 is 1.14 bits per heavy atom. The van der Waals surface area contributed by atoms with Crippen molar-refractivity contribution < 1.29 is 23.9 Å². The predicted molar refractivity (Wildman–Crippen MR) is 107 cm³/mol. The normalized spacial score (nSPS) is 17.0. The molecule has 1 aliphatic heterocycles. The fourth-order valence-corrected chi connectivity index (χ4v) is 3.19. The van der Waals surface area contributed by atoms with E-state index in [0.717, 1.165) is 5.56 Å². The lowest BCUT2D eigenvalue weighted by Crippen LogP contribution is -2.33. The molecule has 1 N–H and O–H groups in total. The molecule has 0 unspecified atom stereocenters. The third kappa shape index (κ3) is 5.13. The van der Waals surface area contributed by atoms with Gasteiger partial charge in [0.05, 0.1) is 18.7 Å². The van der Waals surface area contributed by atoms with Crippen LogP contribution in [-0.4, -0.2) is 42.4 Å². The minimum Gasteiger partial charge on any atom is -0.495 e. The van der Waals surface area contributed by atoms with Crippen molar-refractivity contribution in [2.24, 2.45) is 5.92 Å². The van der Waals surface area contributed by atoms with Crippen LogP contribution in [-0.2, 0) is 25.7 Å². The van der Waals surface area contributed by atoms with E-state index >= 15 is 0 Å². The lowest BCUT2D eigenvalue weighted by atomic mass is 10.1. The Labute approximate surface area is 169 Å². The van der Waals surface area contributed by atoms with Crippen molar-refractivity contribution in [3.63, 3.8) is 0 Å². The highest BCUT2D eigenvalue weighted by Gasteiger charge is 2.36. The molecule has 0 spiro atoms. The molecule has 2 aromatic carbocycles. The van der Waals surface area contributed by atoms with Gasteiger partial charge in [-0.2, -0.15) is 0 Å². The topological polar surface area (TPSA) is 84.9 Å². The minimum atomic E-state index is -0.995. The maximum Gasteiger partial charge on any atom is 0.312 e. The van der Waals surface area contributed by atoms with Crippen LogP contribution in [0.2, 0.25) is 0 Å². The molecule has 29 heavy (non-hydrogen) atoms. The van der Waals surface area contributed by atoms with E-state index in [4.69, 9.17) is 9.47 Å². The SMILES string of the molecule is COc1ccccc1NC(=O)[C@H](C)OC(=O)[C@@H]1CC(=O)N(Cc2ccccc2)C1. The van der Waals surface area contributed by atoms with Gasteiger partial charge in [0, 0.05) is 19.5 Å². The number of esters is 1. The molecule has 1 fully saturated rings. The van der Waals surface area contributed by atoms with E-state index in [9.17, 15) is 14.4 Å². The quantitative estimate of drug-likeness (QED) is 0.728. The number of likely N-dealkylation sites (tertiary alicyclic amines) is 1. The molecule has 2 atom stereocenters. The van der Waals surface area contributed by atoms with Gasteiger partial charge in [-0.15, -0.1) is 0 Å². The molecule has 0 saturated carbocycles. The largest absolute Gasteiger partial charge is 0.495 e. The Hall–Kier alpha value is -3.35. The summed E-state index contributed by atoms with van der Waals surface area (Å²) in [6.07, 6.45) is -0.905. The summed E-state index contributed by atoms with van der Waals surface area (Å²) in [6, 6.07) is 16.6. The van der Waals surface area contributed by atoms with Crippen LogP contribution in [0.1, 0.15) is 18.9 Å². The maximum absolute atomic E-state index is 12.5. The minimum absolute atomic E-state index is 0.0898. The number of carbonyl (C=O) groups is 3. The van der Waals surface area contributed by atoms with Crippen LogP contribution < -0.4 is 10.1 Å². The van der Waals surface area contributed by atoms with Crippen LogP contribution in [0.4, 0.5) is 5.69 Å². The average molecular weight is 396 g/mol. The number of hydrogen-bond acceptors (Lipinski definition) is 5. The number of hydrogen-bond donors (Lipinski definition) is 1. The van der Waals surface area contributed by atoms with E-state index < -0.39 is 23.9 Å². The van der Waals surface area contributed by atoms with Crippen LogP contribution in [0, 0.1) is 5.92 Å². The summed E-state index contributed by atoms with van der Waals surface area (Å²) in [5, 5.41) is 2.69. The Morgan fingerprint density at radius 2 is 1.83 bits per heavy atom. The first-order valence-corrected chi connectivity index (χ1v) is 9.44. The number of ether oxygens (including phenoxy) is 2. The molecule has 0 aliphatic carbocycles. The first-order valence-electron chi connectivity index (χ1n) is 9.44. The van der Waals surface area contributed by atoms with Crippen LogP contribution in [0.25, 0.3) is 0 Å². The number of methoxy groups -OCH3 is 1. The zero-order valence-electron chi connectivity index (χ0n) is 16.5. The highest BCUT2D eigenvalue weighted by Crippen LogP contribution is 2.24. The Bertz CT molecular complexity index is 884. The van der Waals surface area contributed by atoms with E-state index in [1.165, 1.54) is 14.0 Å². The number of benzene rings is 2. The van der Waals surface area contributed by atoms with Gasteiger partial charge in [-0.1, -0.05) is 42.5 Å². The first-order chi connectivity index (χ1) is 14.0. The van der Waals surface area contributed by atoms with Gasteiger partial charge in [0.25, 0.3) is 5.91 Å². The number of para-hydroxylation sites is 2. The van der Waals surface area contributed by atoms with E-state index in [-0.39, 0.29) is 18.9 Å². The molecule has 0 radical (unpaired) electrons. The molecule has 0 bridgehead atoms. The lowest BCUT2D eigenvalue weighted by Gasteiger charge is -2.18. The number of anilines is 1. The highest BCUT2D eigenvalue weighted by molar-refractivity contribution is 5.96. The summed E-state index contributed by atoms with van der Waals surface area (Å²) in [5.74, 6) is -1.17. The zero-order chi connectivity index (χ0) is 20.8. The summed E-state index contributed by atoms with van der Waals surface area (Å²) >= 11 is 0. The van der Waals surface area contributed by atoms with Gasteiger partial charge >= 0.3 is 5.97 Å². The third-order valence-electron chi connectivity index (χ3n) is 4.79. The second-order valence-electron chi connectivity index (χ2n) is 6.93. The van der Waals surface area contributed by atoms with Crippen molar-refractivity contribution >= 4 is 23.5 Å². The fourth-order valence-electron chi connectivity index (χ4n) is 3.19. The van der Waals surface area contributed by atoms with Gasteiger partial charge in [0.1, 0.15) is 5.75 Å². The van der Waals surface area contributed by atoms with Crippen LogP contribution in [0.15, 0.2) is 54.6 Å². The molecule has 2 aromatic rings. The van der Waals surface area contributed by atoms with Crippen molar-refractivity contribution in [2.45, 2.75) is 26.0 Å². The molecule has 7 heteroatoms. The molecular formula is C22H24N2O5. The molecule has 2 amide bonds. The van der Waals surface area contributed by atoms with E-state index in [1.54, 1.807) is 29.2 Å². The number of carbonyl (C=O) groups excluding carboxylic acids is 3. The van der Waals surface area contributed by atoms with Gasteiger partial charge in [-0.05, 0) is 24.6 Å². The van der Waals surface area contributed by atoms with E-state index in [0.29, 0.717) is 18.0 Å². The zero-order valence-corrected chi connectivity index (χ0v) is 16.5. The lowest BCUT2D eigenvalue weighted by molar-refractivity contribution is -0.157. The smallest absolute Gasteiger partial charge is 0.312 e. The standard InChI is InChI=1S/C22H24N2O5/c1-15(21(26)23-18-10-6-7-11-19(18)28-2)29-22(27)17-12-20(25)24(14-17)13-16-8-4-3-5-9-16/h3-11,15,17H,12-14H2,1-2H3,(H,23,26)/t15-,17+/m0/s1. The second-order valence-corrected chi connectivity index (χ2v) is 6.93. The second kappa shape index (κ2) is 9.23. The van der Waals surface area contributed by atoms with E-state index in [1.807, 2.05) is 30.3 Å². The molecule has 7 nitrogen and oxygen atoms in total. The molecule has 152 valence electrons. The Morgan fingerprint density at radius 3 is 2.55 bits per heavy atom. The first kappa shape index (κ1) is 20.4. The van der Waals surface area contributed by atoms with Crippen molar-refractivity contribution in [1.29, 1.82) is 0 Å². The summed E-state index contributed by atoms with van der Waals surface area (Å²) in [5.41, 5.74) is 1.49. The molecule has 1 aliphatic rings. The van der Waals surface area contributed by atoms with Gasteiger partial charge in [-0.3, -0.25) is 14.4 Å². The number of amides is 2. The van der Waals surface area contributed by atoms with Crippen molar-refractivity contribution in [3.05, 3.63) is 60.2 Å². The molecule has 3 rings (SSSR count). The maximum atomic E-state index is 12.5. The molecule has 1 heterocycles. The van der Waals surface area contributed by atoms with Gasteiger partial charge in [0.15, 0.2) is 6.10 Å². The Kier molecular flexibility index (Phi) is 6.49. The number of nitrogens with one attached hydrogen (secondary N) is 1. The summed E-state index contributed by atoms with van der Waals surface area (Å²) in [4.78, 5) is 38.7. The fraction of sp³-hybridized carbons (Fsp3) is 0.318. The molecule has 0 aromatic heterocycles. The summed E-state index contributed by atoms with van der Waals surface area (Å²) in [6.45, 7) is 2.24. The van der Waals surface area contributed by atoms with Crippen molar-refractivity contribution in [2.75, 3.05) is 19.0 Å². The monoisotopic (exact) mass is 396 g/mol. The summed E-state index contributed by atoms with van der Waals surface area (Å²) in [7, 11) is 1.51. The third-order valence-corrected chi connectivity index (χ3v) is 4.79.